The lowest BCUT2D eigenvalue weighted by Crippen LogP contribution is -2.42. The molecule has 1 fully saturated rings. The Bertz CT molecular complexity index is 975. The van der Waals surface area contributed by atoms with E-state index in [1.807, 2.05) is 23.6 Å². The molecule has 0 atom stereocenters. The summed E-state index contributed by atoms with van der Waals surface area (Å²) in [5.74, 6) is 0.0373. The van der Waals surface area contributed by atoms with Crippen LogP contribution in [-0.2, 0) is 16.0 Å². The van der Waals surface area contributed by atoms with E-state index in [4.69, 9.17) is 4.74 Å². The third kappa shape index (κ3) is 4.39. The van der Waals surface area contributed by atoms with E-state index in [9.17, 15) is 14.9 Å². The molecule has 4 rings (SSSR count). The summed E-state index contributed by atoms with van der Waals surface area (Å²) in [6.45, 7) is 1.36. The maximum Gasteiger partial charge on any atom is 0.321 e. The van der Waals surface area contributed by atoms with E-state index < -0.39 is 5.41 Å². The first-order valence-electron chi connectivity index (χ1n) is 9.49. The highest BCUT2D eigenvalue weighted by Gasteiger charge is 2.33. The largest absolute Gasteiger partial charge is 0.381 e. The smallest absolute Gasteiger partial charge is 0.321 e. The van der Waals surface area contributed by atoms with Crippen LogP contribution in [0.25, 0.3) is 11.3 Å². The lowest BCUT2D eigenvalue weighted by atomic mass is 9.82. The minimum atomic E-state index is -0.567. The standard InChI is InChI=1S/C20H21N5O3S/c21-11-20(5-7-28-8-6-20)12-22-18(27)25-19-24-16(10-29-19)14-1-3-15-13(9-14)2-4-17(26)23-15/h1,3,9-10H,2,4-8,12H2,(H,23,26)(H2,22,24,25,27). The molecule has 1 aromatic carbocycles. The lowest BCUT2D eigenvalue weighted by molar-refractivity contribution is -0.116. The summed E-state index contributed by atoms with van der Waals surface area (Å²) in [6, 6.07) is 7.77. The molecule has 9 heteroatoms. The fraction of sp³-hybridized carbons (Fsp3) is 0.400. The van der Waals surface area contributed by atoms with Gasteiger partial charge in [0.25, 0.3) is 0 Å². The van der Waals surface area contributed by atoms with Crippen molar-refractivity contribution in [1.29, 1.82) is 5.26 Å². The molecule has 150 valence electrons. The van der Waals surface area contributed by atoms with Crippen LogP contribution in [0.2, 0.25) is 0 Å². The first kappa shape index (κ1) is 19.4. The Hall–Kier alpha value is -2.96. The maximum atomic E-state index is 12.2. The summed E-state index contributed by atoms with van der Waals surface area (Å²) in [7, 11) is 0. The predicted molar refractivity (Wildman–Crippen MR) is 110 cm³/mol. The minimum absolute atomic E-state index is 0.0373. The predicted octanol–water partition coefficient (Wildman–Crippen LogP) is 3.14. The van der Waals surface area contributed by atoms with Crippen LogP contribution in [0.3, 0.4) is 0 Å². The summed E-state index contributed by atoms with van der Waals surface area (Å²) in [5, 5.41) is 20.2. The van der Waals surface area contributed by atoms with Gasteiger partial charge in [-0.25, -0.2) is 9.78 Å². The number of fused-ring (bicyclic) bond motifs is 1. The van der Waals surface area contributed by atoms with Crippen molar-refractivity contribution in [3.63, 3.8) is 0 Å². The lowest BCUT2D eigenvalue weighted by Gasteiger charge is -2.30. The van der Waals surface area contributed by atoms with Gasteiger partial charge in [-0.3, -0.25) is 10.1 Å². The molecule has 3 amide bonds. The third-order valence-electron chi connectivity index (χ3n) is 5.30. The molecule has 3 N–H and O–H groups in total. The Balaban J connectivity index is 1.37. The molecule has 0 aliphatic carbocycles. The number of amides is 3. The maximum absolute atomic E-state index is 12.2. The first-order chi connectivity index (χ1) is 14.1. The summed E-state index contributed by atoms with van der Waals surface area (Å²) in [5.41, 5.74) is 3.07. The van der Waals surface area contributed by atoms with Crippen LogP contribution in [-0.4, -0.2) is 36.7 Å². The second kappa shape index (κ2) is 8.19. The molecule has 2 aliphatic heterocycles. The highest BCUT2D eigenvalue weighted by molar-refractivity contribution is 7.14. The van der Waals surface area contributed by atoms with Gasteiger partial charge < -0.3 is 15.4 Å². The van der Waals surface area contributed by atoms with E-state index >= 15 is 0 Å². The van der Waals surface area contributed by atoms with Gasteiger partial charge in [-0.1, -0.05) is 6.07 Å². The van der Waals surface area contributed by atoms with E-state index in [2.05, 4.69) is 27.0 Å². The van der Waals surface area contributed by atoms with E-state index in [1.165, 1.54) is 11.3 Å². The molecule has 3 heterocycles. The van der Waals surface area contributed by atoms with Crippen molar-refractivity contribution in [2.45, 2.75) is 25.7 Å². The van der Waals surface area contributed by atoms with Crippen LogP contribution in [0.4, 0.5) is 15.6 Å². The van der Waals surface area contributed by atoms with Crippen LogP contribution in [0.1, 0.15) is 24.8 Å². The summed E-state index contributed by atoms with van der Waals surface area (Å²) in [6.07, 6.45) is 2.42. The zero-order chi connectivity index (χ0) is 20.3. The number of hydrogen-bond acceptors (Lipinski definition) is 6. The van der Waals surface area contributed by atoms with E-state index in [-0.39, 0.29) is 18.5 Å². The molecule has 0 saturated carbocycles. The number of nitriles is 1. The van der Waals surface area contributed by atoms with E-state index in [1.54, 1.807) is 0 Å². The first-order valence-corrected chi connectivity index (χ1v) is 10.4. The van der Waals surface area contributed by atoms with Gasteiger partial charge in [0.05, 0.1) is 17.2 Å². The van der Waals surface area contributed by atoms with Gasteiger partial charge in [-0.05, 0) is 37.0 Å². The number of carbonyl (C=O) groups is 2. The monoisotopic (exact) mass is 411 g/mol. The van der Waals surface area contributed by atoms with Crippen molar-refractivity contribution in [1.82, 2.24) is 10.3 Å². The highest BCUT2D eigenvalue weighted by Crippen LogP contribution is 2.31. The topological polar surface area (TPSA) is 116 Å². The second-order valence-electron chi connectivity index (χ2n) is 7.27. The fourth-order valence-corrected chi connectivity index (χ4v) is 4.20. The van der Waals surface area contributed by atoms with Gasteiger partial charge in [-0.15, -0.1) is 11.3 Å². The van der Waals surface area contributed by atoms with Gasteiger partial charge in [0.2, 0.25) is 5.91 Å². The third-order valence-corrected chi connectivity index (χ3v) is 6.05. The van der Waals surface area contributed by atoms with Crippen molar-refractivity contribution in [3.8, 4) is 17.3 Å². The van der Waals surface area contributed by atoms with E-state index in [0.717, 1.165) is 22.5 Å². The van der Waals surface area contributed by atoms with Gasteiger partial charge in [0.15, 0.2) is 5.13 Å². The Morgan fingerprint density at radius 3 is 2.97 bits per heavy atom. The molecular formula is C20H21N5O3S. The van der Waals surface area contributed by atoms with Crippen molar-refractivity contribution in [2.75, 3.05) is 30.4 Å². The number of urea groups is 1. The Morgan fingerprint density at radius 1 is 1.34 bits per heavy atom. The van der Waals surface area contributed by atoms with Crippen LogP contribution in [0, 0.1) is 16.7 Å². The molecule has 1 saturated heterocycles. The normalized spacial score (nSPS) is 17.6. The van der Waals surface area contributed by atoms with Gasteiger partial charge in [0.1, 0.15) is 0 Å². The van der Waals surface area contributed by atoms with Crippen molar-refractivity contribution in [3.05, 3.63) is 29.1 Å². The zero-order valence-electron chi connectivity index (χ0n) is 15.8. The van der Waals surface area contributed by atoms with Crippen molar-refractivity contribution >= 4 is 34.1 Å². The number of benzene rings is 1. The SMILES string of the molecule is N#CC1(CNC(=O)Nc2nc(-c3ccc4c(c3)CCC(=O)N4)cs2)CCOCC1. The number of ether oxygens (including phenoxy) is 1. The number of thiazole rings is 1. The van der Waals surface area contributed by atoms with Gasteiger partial charge >= 0.3 is 6.03 Å². The van der Waals surface area contributed by atoms with Crippen LogP contribution >= 0.6 is 11.3 Å². The fourth-order valence-electron chi connectivity index (χ4n) is 3.49. The van der Waals surface area contributed by atoms with E-state index in [0.29, 0.717) is 44.0 Å². The highest BCUT2D eigenvalue weighted by atomic mass is 32.1. The minimum Gasteiger partial charge on any atom is -0.381 e. The molecule has 2 aromatic rings. The average molecular weight is 411 g/mol. The van der Waals surface area contributed by atoms with Crippen molar-refractivity contribution in [2.24, 2.45) is 5.41 Å². The van der Waals surface area contributed by atoms with Crippen LogP contribution in [0.5, 0.6) is 0 Å². The number of aromatic nitrogens is 1. The van der Waals surface area contributed by atoms with Gasteiger partial charge in [-0.2, -0.15) is 5.26 Å². The number of hydrogen-bond donors (Lipinski definition) is 3. The summed E-state index contributed by atoms with van der Waals surface area (Å²) >= 11 is 1.34. The Kier molecular flexibility index (Phi) is 5.47. The molecule has 8 nitrogen and oxygen atoms in total. The molecule has 29 heavy (non-hydrogen) atoms. The van der Waals surface area contributed by atoms with Crippen LogP contribution < -0.4 is 16.0 Å². The molecular weight excluding hydrogens is 390 g/mol. The number of carbonyl (C=O) groups excluding carboxylic acids is 2. The molecule has 0 unspecified atom stereocenters. The van der Waals surface area contributed by atoms with Gasteiger partial charge in [0, 0.05) is 42.8 Å². The van der Waals surface area contributed by atoms with Crippen molar-refractivity contribution < 1.29 is 14.3 Å². The Labute approximate surface area is 172 Å². The number of rotatable bonds is 4. The average Bonchev–Trinajstić information content (AvgIpc) is 3.21. The Morgan fingerprint density at radius 2 is 2.17 bits per heavy atom. The second-order valence-corrected chi connectivity index (χ2v) is 8.13. The van der Waals surface area contributed by atoms with Crippen LogP contribution in [0.15, 0.2) is 23.6 Å². The quantitative estimate of drug-likeness (QED) is 0.715. The summed E-state index contributed by atoms with van der Waals surface area (Å²) in [4.78, 5) is 28.2. The molecule has 1 aromatic heterocycles. The molecule has 0 spiro atoms. The molecule has 0 radical (unpaired) electrons. The number of aryl methyl sites for hydroxylation is 1. The zero-order valence-corrected chi connectivity index (χ0v) is 16.6. The molecule has 0 bridgehead atoms. The molecule has 2 aliphatic rings. The summed E-state index contributed by atoms with van der Waals surface area (Å²) < 4.78 is 5.31. The number of anilines is 2. The number of nitrogens with one attached hydrogen (secondary N) is 3. The number of nitrogens with zero attached hydrogens (tertiary/aromatic N) is 2.